The number of thiophene rings is 1. The smallest absolute Gasteiger partial charge is 0.411 e. The van der Waals surface area contributed by atoms with Crippen molar-refractivity contribution in [2.75, 3.05) is 25.0 Å². The third-order valence-corrected chi connectivity index (χ3v) is 5.53. The molecule has 2 aliphatic rings. The Morgan fingerprint density at radius 2 is 2.05 bits per heavy atom. The Kier molecular flexibility index (Phi) is 3.60. The molecule has 0 radical (unpaired) electrons. The summed E-state index contributed by atoms with van der Waals surface area (Å²) in [6.45, 7) is 2.67. The monoisotopic (exact) mass is 314 g/mol. The van der Waals surface area contributed by atoms with Crippen LogP contribution in [0, 0.1) is 17.8 Å². The molecule has 0 bridgehead atoms. The van der Waals surface area contributed by atoms with Gasteiger partial charge in [0.1, 0.15) is 0 Å². The second-order valence-electron chi connectivity index (χ2n) is 5.90. The Labute approximate surface area is 133 Å². The molecule has 2 fully saturated rings. The van der Waals surface area contributed by atoms with E-state index in [2.05, 4.69) is 16.7 Å². The van der Waals surface area contributed by atoms with Crippen molar-refractivity contribution in [1.82, 2.24) is 5.32 Å². The van der Waals surface area contributed by atoms with Gasteiger partial charge < -0.3 is 10.1 Å². The number of ether oxygens (including phenoxy) is 1. The molecule has 1 saturated carbocycles. The number of piperidine rings is 1. The highest BCUT2D eigenvalue weighted by atomic mass is 32.1. The molecule has 5 heteroatoms. The fraction of sp³-hybridized carbons (Fsp3) is 0.353. The highest BCUT2D eigenvalue weighted by Gasteiger charge is 2.53. The molecular weight excluding hydrogens is 296 g/mol. The minimum Gasteiger partial charge on any atom is -0.449 e. The number of amides is 1. The van der Waals surface area contributed by atoms with Crippen molar-refractivity contribution in [3.8, 4) is 10.4 Å². The summed E-state index contributed by atoms with van der Waals surface area (Å²) in [6.07, 6.45) is -0.359. The molecule has 2 N–H and O–H groups in total. The van der Waals surface area contributed by atoms with Crippen LogP contribution < -0.4 is 10.6 Å². The van der Waals surface area contributed by atoms with Crippen molar-refractivity contribution < 1.29 is 9.53 Å². The summed E-state index contributed by atoms with van der Waals surface area (Å²) in [5.41, 5.74) is 1.83. The van der Waals surface area contributed by atoms with Crippen LogP contribution in [0.2, 0.25) is 0 Å². The number of hydrogen-bond donors (Lipinski definition) is 2. The van der Waals surface area contributed by atoms with Gasteiger partial charge in [-0.25, -0.2) is 4.79 Å². The van der Waals surface area contributed by atoms with Gasteiger partial charge in [0.25, 0.3) is 0 Å². The molecule has 114 valence electrons. The van der Waals surface area contributed by atoms with Crippen LogP contribution in [0.15, 0.2) is 41.8 Å². The predicted octanol–water partition coefficient (Wildman–Crippen LogP) is 3.43. The van der Waals surface area contributed by atoms with E-state index in [-0.39, 0.29) is 6.09 Å². The van der Waals surface area contributed by atoms with Gasteiger partial charge in [0, 0.05) is 16.4 Å². The molecule has 1 saturated heterocycles. The first kappa shape index (κ1) is 13.8. The summed E-state index contributed by atoms with van der Waals surface area (Å²) >= 11 is 1.66. The van der Waals surface area contributed by atoms with Crippen LogP contribution in [-0.2, 0) is 4.74 Å². The summed E-state index contributed by atoms with van der Waals surface area (Å²) in [5.74, 6) is 1.98. The van der Waals surface area contributed by atoms with Gasteiger partial charge in [-0.2, -0.15) is 0 Å². The molecule has 1 aliphatic heterocycles. The van der Waals surface area contributed by atoms with E-state index in [9.17, 15) is 4.79 Å². The summed E-state index contributed by atoms with van der Waals surface area (Å²) in [5, 5.41) is 8.26. The Hall–Kier alpha value is -1.85. The highest BCUT2D eigenvalue weighted by Crippen LogP contribution is 2.48. The first-order valence-corrected chi connectivity index (χ1v) is 8.48. The molecule has 1 aliphatic carbocycles. The van der Waals surface area contributed by atoms with Gasteiger partial charge in [-0.1, -0.05) is 24.3 Å². The molecule has 2 aromatic rings. The van der Waals surface area contributed by atoms with Crippen LogP contribution >= 0.6 is 11.3 Å². The maximum atomic E-state index is 12.0. The molecule has 4 nitrogen and oxygen atoms in total. The van der Waals surface area contributed by atoms with Gasteiger partial charge in [0.05, 0.1) is 12.3 Å². The lowest BCUT2D eigenvalue weighted by Gasteiger charge is -2.11. The van der Waals surface area contributed by atoms with Gasteiger partial charge in [-0.3, -0.25) is 5.32 Å². The van der Waals surface area contributed by atoms with Gasteiger partial charge in [-0.05, 0) is 42.4 Å². The van der Waals surface area contributed by atoms with Crippen LogP contribution in [0.1, 0.15) is 0 Å². The number of benzene rings is 1. The molecule has 22 heavy (non-hydrogen) atoms. The quantitative estimate of drug-likeness (QED) is 0.909. The van der Waals surface area contributed by atoms with Crippen LogP contribution in [0.5, 0.6) is 0 Å². The number of anilines is 1. The van der Waals surface area contributed by atoms with E-state index < -0.39 is 0 Å². The average molecular weight is 314 g/mol. The minimum absolute atomic E-state index is 0.359. The fourth-order valence-corrected chi connectivity index (χ4v) is 4.12. The molecular formula is C17H18N2O2S. The Bertz CT molecular complexity index is 661. The lowest BCUT2D eigenvalue weighted by Crippen LogP contribution is -2.20. The Morgan fingerprint density at radius 1 is 1.23 bits per heavy atom. The molecule has 4 rings (SSSR count). The van der Waals surface area contributed by atoms with Crippen LogP contribution in [0.4, 0.5) is 10.5 Å². The number of carbonyl (C=O) groups excluding carboxylic acids is 1. The second kappa shape index (κ2) is 5.74. The summed E-state index contributed by atoms with van der Waals surface area (Å²) < 4.78 is 5.40. The number of rotatable bonds is 4. The zero-order valence-electron chi connectivity index (χ0n) is 12.1. The van der Waals surface area contributed by atoms with Crippen LogP contribution in [0.25, 0.3) is 10.4 Å². The molecule has 0 spiro atoms. The lowest BCUT2D eigenvalue weighted by atomic mass is 10.1. The first-order chi connectivity index (χ1) is 10.8. The zero-order chi connectivity index (χ0) is 14.9. The van der Waals surface area contributed by atoms with E-state index in [0.29, 0.717) is 24.4 Å². The summed E-state index contributed by atoms with van der Waals surface area (Å²) in [4.78, 5) is 13.2. The molecule has 2 atom stereocenters. The van der Waals surface area contributed by atoms with Crippen molar-refractivity contribution in [3.05, 3.63) is 41.8 Å². The van der Waals surface area contributed by atoms with Crippen LogP contribution in [-0.4, -0.2) is 25.8 Å². The van der Waals surface area contributed by atoms with Gasteiger partial charge in [0.15, 0.2) is 0 Å². The maximum absolute atomic E-state index is 12.0. The molecule has 1 aromatic carbocycles. The number of fused-ring (bicyclic) bond motifs is 1. The van der Waals surface area contributed by atoms with E-state index in [1.54, 1.807) is 11.3 Å². The predicted molar refractivity (Wildman–Crippen MR) is 88.1 cm³/mol. The first-order valence-electron chi connectivity index (χ1n) is 7.60. The number of carbonyl (C=O) groups is 1. The second-order valence-corrected chi connectivity index (χ2v) is 6.84. The SMILES string of the molecule is O=C(Nc1ccccc1-c1cccs1)OCC1C2CNCC21. The zero-order valence-corrected chi connectivity index (χ0v) is 12.9. The molecule has 2 unspecified atom stereocenters. The number of nitrogens with one attached hydrogen (secondary N) is 2. The van der Waals surface area contributed by atoms with Crippen molar-refractivity contribution in [1.29, 1.82) is 0 Å². The maximum Gasteiger partial charge on any atom is 0.411 e. The van der Waals surface area contributed by atoms with E-state index in [1.807, 2.05) is 35.7 Å². The van der Waals surface area contributed by atoms with Crippen molar-refractivity contribution in [3.63, 3.8) is 0 Å². The molecule has 2 heterocycles. The third kappa shape index (κ3) is 2.62. The number of para-hydroxylation sites is 1. The number of hydrogen-bond acceptors (Lipinski definition) is 4. The topological polar surface area (TPSA) is 50.4 Å². The normalized spacial score (nSPS) is 25.5. The largest absolute Gasteiger partial charge is 0.449 e. The minimum atomic E-state index is -0.359. The van der Waals surface area contributed by atoms with Crippen molar-refractivity contribution >= 4 is 23.1 Å². The third-order valence-electron chi connectivity index (χ3n) is 4.63. The summed E-state index contributed by atoms with van der Waals surface area (Å²) in [7, 11) is 0. The van der Waals surface area contributed by atoms with Gasteiger partial charge in [0.2, 0.25) is 0 Å². The average Bonchev–Trinajstić information content (AvgIpc) is 2.98. The van der Waals surface area contributed by atoms with E-state index in [4.69, 9.17) is 4.74 Å². The highest BCUT2D eigenvalue weighted by molar-refractivity contribution is 7.13. The van der Waals surface area contributed by atoms with Crippen molar-refractivity contribution in [2.45, 2.75) is 0 Å². The lowest BCUT2D eigenvalue weighted by molar-refractivity contribution is 0.151. The standard InChI is InChI=1S/C17H18N2O2S/c20-17(21-10-14-12-8-18-9-13(12)14)19-15-5-2-1-4-11(15)16-6-3-7-22-16/h1-7,12-14,18H,8-10H2,(H,19,20). The van der Waals surface area contributed by atoms with E-state index in [0.717, 1.165) is 29.2 Å². The van der Waals surface area contributed by atoms with E-state index >= 15 is 0 Å². The van der Waals surface area contributed by atoms with Gasteiger partial charge in [-0.15, -0.1) is 11.3 Å². The van der Waals surface area contributed by atoms with E-state index in [1.165, 1.54) is 0 Å². The Morgan fingerprint density at radius 3 is 2.82 bits per heavy atom. The fourth-order valence-electron chi connectivity index (χ4n) is 3.35. The van der Waals surface area contributed by atoms with Crippen molar-refractivity contribution in [2.24, 2.45) is 17.8 Å². The van der Waals surface area contributed by atoms with Gasteiger partial charge >= 0.3 is 6.09 Å². The molecule has 1 aromatic heterocycles. The van der Waals surface area contributed by atoms with Crippen LogP contribution in [0.3, 0.4) is 0 Å². The Balaban J connectivity index is 1.38. The molecule has 1 amide bonds. The summed E-state index contributed by atoms with van der Waals surface area (Å²) in [6, 6.07) is 11.9.